The number of hydrogen-bond donors (Lipinski definition) is 3. The van der Waals surface area contributed by atoms with Crippen molar-refractivity contribution < 1.29 is 10.2 Å². The molecule has 23 heavy (non-hydrogen) atoms. The van der Waals surface area contributed by atoms with E-state index in [0.717, 1.165) is 42.2 Å². The van der Waals surface area contributed by atoms with E-state index in [9.17, 15) is 10.2 Å². The molecule has 0 spiro atoms. The van der Waals surface area contributed by atoms with Crippen LogP contribution in [0.25, 0.3) is 0 Å². The van der Waals surface area contributed by atoms with Gasteiger partial charge in [0.25, 0.3) is 0 Å². The molecule has 0 saturated carbocycles. The lowest BCUT2D eigenvalue weighted by Crippen LogP contribution is -2.46. The van der Waals surface area contributed by atoms with Crippen molar-refractivity contribution in [3.63, 3.8) is 0 Å². The second-order valence-corrected chi connectivity index (χ2v) is 6.17. The average molecular weight is 330 g/mol. The highest BCUT2D eigenvalue weighted by Crippen LogP contribution is 2.38. The molecule has 2 aromatic rings. The van der Waals surface area contributed by atoms with Gasteiger partial charge in [-0.25, -0.2) is 0 Å². The van der Waals surface area contributed by atoms with E-state index in [2.05, 4.69) is 15.2 Å². The molecule has 2 aliphatic rings. The maximum absolute atomic E-state index is 9.82. The first-order chi connectivity index (χ1) is 11.1. The number of phenols is 2. The Morgan fingerprint density at radius 2 is 2.00 bits per heavy atom. The fourth-order valence-electron chi connectivity index (χ4n) is 3.14. The number of amidine groups is 1. The molecule has 1 unspecified atom stereocenters. The highest BCUT2D eigenvalue weighted by atomic mass is 35.5. The number of nitrogens with zero attached hydrogens (tertiary/aromatic N) is 2. The smallest absolute Gasteiger partial charge is 0.157 e. The summed E-state index contributed by atoms with van der Waals surface area (Å²) in [6.07, 6.45) is 0.820. The maximum Gasteiger partial charge on any atom is 0.157 e. The van der Waals surface area contributed by atoms with Crippen LogP contribution in [0.2, 0.25) is 5.02 Å². The Morgan fingerprint density at radius 1 is 1.13 bits per heavy atom. The van der Waals surface area contributed by atoms with E-state index in [1.807, 2.05) is 18.2 Å². The van der Waals surface area contributed by atoms with Crippen LogP contribution in [0.3, 0.4) is 0 Å². The minimum atomic E-state index is -0.161. The molecule has 0 saturated heterocycles. The van der Waals surface area contributed by atoms with Gasteiger partial charge in [-0.2, -0.15) is 0 Å². The zero-order valence-electron chi connectivity index (χ0n) is 12.3. The van der Waals surface area contributed by atoms with Crippen LogP contribution in [0.5, 0.6) is 11.5 Å². The number of aliphatic imine (C=N–C) groups is 1. The number of rotatable bonds is 1. The van der Waals surface area contributed by atoms with Crippen LogP contribution in [0.15, 0.2) is 41.4 Å². The summed E-state index contributed by atoms with van der Waals surface area (Å²) in [4.78, 5) is 6.87. The van der Waals surface area contributed by atoms with E-state index in [1.165, 1.54) is 6.07 Å². The van der Waals surface area contributed by atoms with Gasteiger partial charge in [-0.05, 0) is 42.3 Å². The van der Waals surface area contributed by atoms with Crippen molar-refractivity contribution in [3.05, 3.63) is 52.5 Å². The van der Waals surface area contributed by atoms with Crippen LogP contribution >= 0.6 is 11.6 Å². The second-order valence-electron chi connectivity index (χ2n) is 5.74. The van der Waals surface area contributed by atoms with Gasteiger partial charge in [0.05, 0.1) is 0 Å². The molecule has 0 aliphatic carbocycles. The normalized spacial score (nSPS) is 19.4. The highest BCUT2D eigenvalue weighted by Gasteiger charge is 2.32. The van der Waals surface area contributed by atoms with Gasteiger partial charge >= 0.3 is 0 Å². The Hall–Kier alpha value is -2.40. The van der Waals surface area contributed by atoms with E-state index in [1.54, 1.807) is 12.1 Å². The number of benzene rings is 2. The van der Waals surface area contributed by atoms with Crippen LogP contribution < -0.4 is 5.32 Å². The summed E-state index contributed by atoms with van der Waals surface area (Å²) in [5.41, 5.74) is 2.82. The molecule has 118 valence electrons. The van der Waals surface area contributed by atoms with Gasteiger partial charge in [0.2, 0.25) is 0 Å². The van der Waals surface area contributed by atoms with Crippen LogP contribution in [-0.4, -0.2) is 34.0 Å². The molecule has 0 amide bonds. The van der Waals surface area contributed by atoms with Crippen molar-refractivity contribution in [2.24, 2.45) is 4.99 Å². The average Bonchev–Trinajstić information content (AvgIpc) is 2.56. The van der Waals surface area contributed by atoms with Gasteiger partial charge in [-0.15, -0.1) is 0 Å². The molecule has 2 heterocycles. The number of anilines is 1. The van der Waals surface area contributed by atoms with E-state index >= 15 is 0 Å². The van der Waals surface area contributed by atoms with Gasteiger partial charge in [-0.3, -0.25) is 4.99 Å². The summed E-state index contributed by atoms with van der Waals surface area (Å²) in [5, 5.41) is 23.5. The monoisotopic (exact) mass is 329 g/mol. The van der Waals surface area contributed by atoms with Crippen molar-refractivity contribution in [2.75, 3.05) is 18.4 Å². The SMILES string of the molecule is Oc1ccc(C2Nc3cc(Cl)ccc3C3=NCCCN32)cc1O. The predicted octanol–water partition coefficient (Wildman–Crippen LogP) is 3.33. The van der Waals surface area contributed by atoms with Gasteiger partial charge in [0.1, 0.15) is 12.0 Å². The number of fused-ring (bicyclic) bond motifs is 3. The number of phenolic OH excluding ortho intramolecular Hbond substituents is 2. The first kappa shape index (κ1) is 14.2. The molecule has 3 N–H and O–H groups in total. The molecule has 1 atom stereocenters. The number of halogens is 1. The molecule has 0 aromatic heterocycles. The molecular formula is C17H16ClN3O2. The standard InChI is InChI=1S/C17H16ClN3O2/c18-11-3-4-12-13(9-11)20-16(21-7-1-6-19-17(12)21)10-2-5-14(22)15(23)8-10/h2-5,8-9,16,20,22-23H,1,6-7H2. The summed E-state index contributed by atoms with van der Waals surface area (Å²) in [5.74, 6) is 0.691. The van der Waals surface area contributed by atoms with Crippen LogP contribution in [0.1, 0.15) is 23.7 Å². The van der Waals surface area contributed by atoms with Crippen molar-refractivity contribution in [2.45, 2.75) is 12.6 Å². The third-order valence-electron chi connectivity index (χ3n) is 4.23. The first-order valence-corrected chi connectivity index (χ1v) is 7.91. The van der Waals surface area contributed by atoms with Gasteiger partial charge in [-0.1, -0.05) is 17.7 Å². The molecule has 0 bridgehead atoms. The molecule has 6 heteroatoms. The van der Waals surface area contributed by atoms with Crippen LogP contribution in [0.4, 0.5) is 5.69 Å². The zero-order chi connectivity index (χ0) is 16.0. The number of hydrogen-bond acceptors (Lipinski definition) is 5. The van der Waals surface area contributed by atoms with Crippen molar-refractivity contribution in [1.29, 1.82) is 0 Å². The van der Waals surface area contributed by atoms with Crippen LogP contribution in [-0.2, 0) is 0 Å². The van der Waals surface area contributed by atoms with Crippen molar-refractivity contribution >= 4 is 23.1 Å². The molecule has 0 fully saturated rings. The van der Waals surface area contributed by atoms with E-state index < -0.39 is 0 Å². The number of nitrogens with one attached hydrogen (secondary N) is 1. The van der Waals surface area contributed by atoms with E-state index in [0.29, 0.717) is 5.02 Å². The predicted molar refractivity (Wildman–Crippen MR) is 90.3 cm³/mol. The lowest BCUT2D eigenvalue weighted by Gasteiger charge is -2.42. The second kappa shape index (κ2) is 5.35. The minimum absolute atomic E-state index is 0.125. The van der Waals surface area contributed by atoms with Gasteiger partial charge in [0, 0.05) is 29.4 Å². The zero-order valence-corrected chi connectivity index (χ0v) is 13.1. The Labute approximate surface area is 138 Å². The Morgan fingerprint density at radius 3 is 2.83 bits per heavy atom. The van der Waals surface area contributed by atoms with Crippen molar-refractivity contribution in [3.8, 4) is 11.5 Å². The molecule has 5 nitrogen and oxygen atoms in total. The minimum Gasteiger partial charge on any atom is -0.504 e. The van der Waals surface area contributed by atoms with E-state index in [-0.39, 0.29) is 17.7 Å². The molecule has 2 aliphatic heterocycles. The van der Waals surface area contributed by atoms with Gasteiger partial charge < -0.3 is 20.4 Å². The summed E-state index contributed by atoms with van der Waals surface area (Å²) in [6, 6.07) is 10.6. The highest BCUT2D eigenvalue weighted by molar-refractivity contribution is 6.31. The number of aromatic hydroxyl groups is 2. The van der Waals surface area contributed by atoms with Gasteiger partial charge in [0.15, 0.2) is 11.5 Å². The Balaban J connectivity index is 1.83. The Bertz CT molecular complexity index is 806. The lowest BCUT2D eigenvalue weighted by atomic mass is 10.0. The molecule has 2 aromatic carbocycles. The largest absolute Gasteiger partial charge is 0.504 e. The third kappa shape index (κ3) is 2.37. The summed E-state index contributed by atoms with van der Waals surface area (Å²) >= 11 is 6.13. The molecule has 4 rings (SSSR count). The summed E-state index contributed by atoms with van der Waals surface area (Å²) < 4.78 is 0. The topological polar surface area (TPSA) is 68.1 Å². The summed E-state index contributed by atoms with van der Waals surface area (Å²) in [6.45, 7) is 1.68. The first-order valence-electron chi connectivity index (χ1n) is 7.53. The molecular weight excluding hydrogens is 314 g/mol. The summed E-state index contributed by atoms with van der Waals surface area (Å²) in [7, 11) is 0. The molecule has 0 radical (unpaired) electrons. The fourth-order valence-corrected chi connectivity index (χ4v) is 3.32. The lowest BCUT2D eigenvalue weighted by molar-refractivity contribution is 0.321. The maximum atomic E-state index is 9.82. The van der Waals surface area contributed by atoms with E-state index in [4.69, 9.17) is 11.6 Å². The third-order valence-corrected chi connectivity index (χ3v) is 4.47. The van der Waals surface area contributed by atoms with Crippen molar-refractivity contribution in [1.82, 2.24) is 4.90 Å². The Kier molecular flexibility index (Phi) is 3.31. The quantitative estimate of drug-likeness (QED) is 0.702. The van der Waals surface area contributed by atoms with Crippen LogP contribution in [0, 0.1) is 0 Å². The fraction of sp³-hybridized carbons (Fsp3) is 0.235.